The van der Waals surface area contributed by atoms with Crippen molar-refractivity contribution in [3.63, 3.8) is 0 Å². The summed E-state index contributed by atoms with van der Waals surface area (Å²) in [6, 6.07) is 0.446. The van der Waals surface area contributed by atoms with E-state index in [1.165, 1.54) is 25.7 Å². The highest BCUT2D eigenvalue weighted by molar-refractivity contribution is 5.14. The van der Waals surface area contributed by atoms with Gasteiger partial charge in [0.2, 0.25) is 0 Å². The summed E-state index contributed by atoms with van der Waals surface area (Å²) in [4.78, 5) is 0. The summed E-state index contributed by atoms with van der Waals surface area (Å²) in [6.07, 6.45) is 5.95. The van der Waals surface area contributed by atoms with Crippen LogP contribution in [0.15, 0.2) is 0 Å². The van der Waals surface area contributed by atoms with Gasteiger partial charge in [-0.05, 0) is 61.2 Å². The van der Waals surface area contributed by atoms with Crippen molar-refractivity contribution >= 4 is 0 Å². The third-order valence-corrected chi connectivity index (χ3v) is 5.73. The van der Waals surface area contributed by atoms with E-state index in [1.54, 1.807) is 0 Å². The molecule has 3 fully saturated rings. The van der Waals surface area contributed by atoms with Crippen LogP contribution in [0.5, 0.6) is 0 Å². The lowest BCUT2D eigenvalue weighted by molar-refractivity contribution is 0.458. The molecule has 0 aromatic rings. The van der Waals surface area contributed by atoms with Gasteiger partial charge in [-0.1, -0.05) is 26.7 Å². The zero-order valence-electron chi connectivity index (χ0n) is 11.0. The number of hydrogen-bond acceptors (Lipinski definition) is 1. The number of rotatable bonds is 2. The van der Waals surface area contributed by atoms with Crippen molar-refractivity contribution < 1.29 is 0 Å². The molecule has 1 heteroatoms. The Labute approximate surface area is 100 Å². The minimum Gasteiger partial charge on any atom is -0.328 e. The Balaban J connectivity index is 1.74. The smallest absolute Gasteiger partial charge is 0.00443 e. The van der Waals surface area contributed by atoms with Gasteiger partial charge in [0.15, 0.2) is 0 Å². The third kappa shape index (κ3) is 1.54. The topological polar surface area (TPSA) is 26.0 Å². The van der Waals surface area contributed by atoms with Crippen LogP contribution in [0.2, 0.25) is 0 Å². The molecule has 7 unspecified atom stereocenters. The lowest BCUT2D eigenvalue weighted by Crippen LogP contribution is -2.19. The largest absolute Gasteiger partial charge is 0.328 e. The van der Waals surface area contributed by atoms with Crippen LogP contribution in [0.25, 0.3) is 0 Å². The fraction of sp³-hybridized carbons (Fsp3) is 1.00. The first kappa shape index (κ1) is 11.1. The lowest BCUT2D eigenvalue weighted by Gasteiger charge is -2.04. The molecule has 1 nitrogen and oxygen atoms in total. The van der Waals surface area contributed by atoms with E-state index >= 15 is 0 Å². The fourth-order valence-electron chi connectivity index (χ4n) is 5.15. The minimum absolute atomic E-state index is 0.446. The summed E-state index contributed by atoms with van der Waals surface area (Å²) in [5.74, 6) is 7.03. The van der Waals surface area contributed by atoms with E-state index in [-0.39, 0.29) is 0 Å². The Kier molecular flexibility index (Phi) is 2.58. The summed E-state index contributed by atoms with van der Waals surface area (Å²) in [5, 5.41) is 0. The molecule has 3 saturated carbocycles. The van der Waals surface area contributed by atoms with Crippen molar-refractivity contribution in [2.75, 3.05) is 0 Å². The van der Waals surface area contributed by atoms with E-state index in [0.717, 1.165) is 41.4 Å². The Morgan fingerprint density at radius 2 is 1.38 bits per heavy atom. The zero-order chi connectivity index (χ0) is 11.4. The van der Waals surface area contributed by atoms with E-state index < -0.39 is 0 Å². The van der Waals surface area contributed by atoms with Gasteiger partial charge in [-0.15, -0.1) is 0 Å². The average Bonchev–Trinajstić information content (AvgIpc) is 2.99. The molecule has 92 valence electrons. The van der Waals surface area contributed by atoms with Gasteiger partial charge in [-0.25, -0.2) is 0 Å². The van der Waals surface area contributed by atoms with Gasteiger partial charge in [-0.3, -0.25) is 0 Å². The predicted octanol–water partition coefficient (Wildman–Crippen LogP) is 3.29. The van der Waals surface area contributed by atoms with Crippen molar-refractivity contribution in [3.05, 3.63) is 0 Å². The normalized spacial score (nSPS) is 52.3. The second kappa shape index (κ2) is 3.73. The van der Waals surface area contributed by atoms with Crippen LogP contribution in [0.1, 0.15) is 46.5 Å². The van der Waals surface area contributed by atoms with Crippen LogP contribution in [0, 0.1) is 41.4 Å². The quantitative estimate of drug-likeness (QED) is 0.761. The Morgan fingerprint density at radius 1 is 0.875 bits per heavy atom. The number of nitrogens with two attached hydrogens (primary N) is 1. The van der Waals surface area contributed by atoms with Gasteiger partial charge in [0, 0.05) is 6.04 Å². The summed E-state index contributed by atoms with van der Waals surface area (Å²) in [6.45, 7) is 7.08. The van der Waals surface area contributed by atoms with Gasteiger partial charge < -0.3 is 5.73 Å². The molecule has 0 spiro atoms. The summed E-state index contributed by atoms with van der Waals surface area (Å²) < 4.78 is 0. The maximum Gasteiger partial charge on any atom is 0.00443 e. The summed E-state index contributed by atoms with van der Waals surface area (Å²) in [5.41, 5.74) is 6.16. The molecule has 0 heterocycles. The second-order valence-corrected chi connectivity index (χ2v) is 7.02. The molecule has 3 aliphatic carbocycles. The molecular weight excluding hydrogens is 194 g/mol. The van der Waals surface area contributed by atoms with Gasteiger partial charge in [-0.2, -0.15) is 0 Å². The highest BCUT2D eigenvalue weighted by atomic mass is 14.8. The van der Waals surface area contributed by atoms with Crippen LogP contribution >= 0.6 is 0 Å². The first-order valence-corrected chi connectivity index (χ1v) is 7.38. The van der Waals surface area contributed by atoms with Crippen LogP contribution in [0.3, 0.4) is 0 Å². The van der Waals surface area contributed by atoms with Crippen molar-refractivity contribution in [1.82, 2.24) is 0 Å². The van der Waals surface area contributed by atoms with Crippen molar-refractivity contribution in [2.45, 2.75) is 52.5 Å². The average molecular weight is 221 g/mol. The van der Waals surface area contributed by atoms with Crippen LogP contribution in [-0.4, -0.2) is 6.04 Å². The molecule has 2 N–H and O–H groups in total. The first-order valence-electron chi connectivity index (χ1n) is 7.38. The maximum atomic E-state index is 6.16. The van der Waals surface area contributed by atoms with E-state index in [4.69, 9.17) is 5.73 Å². The minimum atomic E-state index is 0.446. The molecule has 0 saturated heterocycles. The molecule has 0 aliphatic heterocycles. The summed E-state index contributed by atoms with van der Waals surface area (Å²) in [7, 11) is 0. The van der Waals surface area contributed by atoms with Gasteiger partial charge >= 0.3 is 0 Å². The number of hydrogen-bond donors (Lipinski definition) is 1. The van der Waals surface area contributed by atoms with E-state index in [2.05, 4.69) is 20.8 Å². The lowest BCUT2D eigenvalue weighted by atomic mass is 10.0. The SMILES string of the molecule is CC(C)C1C2CCCCC3C(C(C)N)C3C21. The number of fused-ring (bicyclic) bond motifs is 3. The van der Waals surface area contributed by atoms with Gasteiger partial charge in [0.05, 0.1) is 0 Å². The Morgan fingerprint density at radius 3 is 1.88 bits per heavy atom. The monoisotopic (exact) mass is 221 g/mol. The van der Waals surface area contributed by atoms with Gasteiger partial charge in [0.1, 0.15) is 0 Å². The molecule has 16 heavy (non-hydrogen) atoms. The maximum absolute atomic E-state index is 6.16. The van der Waals surface area contributed by atoms with E-state index in [0.29, 0.717) is 6.04 Å². The molecule has 0 aromatic carbocycles. The molecule has 0 radical (unpaired) electrons. The first-order chi connectivity index (χ1) is 7.63. The molecule has 3 rings (SSSR count). The van der Waals surface area contributed by atoms with E-state index in [1.807, 2.05) is 0 Å². The highest BCUT2D eigenvalue weighted by Crippen LogP contribution is 2.70. The molecule has 3 aliphatic rings. The Bertz CT molecular complexity index is 243. The molecule has 7 atom stereocenters. The molecule has 0 aromatic heterocycles. The van der Waals surface area contributed by atoms with Crippen molar-refractivity contribution in [1.29, 1.82) is 0 Å². The van der Waals surface area contributed by atoms with Crippen molar-refractivity contribution in [3.8, 4) is 0 Å². The molecule has 0 bridgehead atoms. The fourth-order valence-corrected chi connectivity index (χ4v) is 5.15. The van der Waals surface area contributed by atoms with Crippen LogP contribution < -0.4 is 5.73 Å². The second-order valence-electron chi connectivity index (χ2n) is 7.02. The standard InChI is InChI=1S/C15H27N/c1-8(2)12-10-6-4-5-7-11-13(9(3)16)15(11)14(10)12/h8-15H,4-7,16H2,1-3H3. The predicted molar refractivity (Wildman–Crippen MR) is 67.9 cm³/mol. The van der Waals surface area contributed by atoms with E-state index in [9.17, 15) is 0 Å². The van der Waals surface area contributed by atoms with Crippen LogP contribution in [-0.2, 0) is 0 Å². The summed E-state index contributed by atoms with van der Waals surface area (Å²) >= 11 is 0. The van der Waals surface area contributed by atoms with Crippen molar-refractivity contribution in [2.24, 2.45) is 47.2 Å². The third-order valence-electron chi connectivity index (χ3n) is 5.73. The molecular formula is C15H27N. The zero-order valence-corrected chi connectivity index (χ0v) is 11.0. The van der Waals surface area contributed by atoms with Crippen LogP contribution in [0.4, 0.5) is 0 Å². The van der Waals surface area contributed by atoms with Gasteiger partial charge in [0.25, 0.3) is 0 Å². The molecule has 0 amide bonds. The highest BCUT2D eigenvalue weighted by Gasteiger charge is 2.66. The Hall–Kier alpha value is -0.0400.